The molecule has 0 fully saturated rings. The van der Waals surface area contributed by atoms with Crippen molar-refractivity contribution in [3.63, 3.8) is 0 Å². The Morgan fingerprint density at radius 3 is 2.69 bits per heavy atom. The number of nitrogens with zero attached hydrogens (tertiary/aromatic N) is 4. The van der Waals surface area contributed by atoms with Crippen LogP contribution in [0.4, 0.5) is 5.82 Å². The first-order valence-corrected chi connectivity index (χ1v) is 8.10. The second kappa shape index (κ2) is 6.76. The molecule has 0 bridgehead atoms. The van der Waals surface area contributed by atoms with Gasteiger partial charge in [0.25, 0.3) is 0 Å². The van der Waals surface area contributed by atoms with Crippen LogP contribution in [0.15, 0.2) is 30.5 Å². The van der Waals surface area contributed by atoms with E-state index in [1.54, 1.807) is 12.1 Å². The molecule has 2 aromatic heterocycles. The first kappa shape index (κ1) is 17.3. The molecule has 7 nitrogen and oxygen atoms in total. The molecule has 7 heteroatoms. The summed E-state index contributed by atoms with van der Waals surface area (Å²) >= 11 is 0. The molecule has 0 amide bonds. The van der Waals surface area contributed by atoms with Gasteiger partial charge in [-0.3, -0.25) is 4.68 Å². The smallest absolute Gasteiger partial charge is 0.161 e. The average Bonchev–Trinajstić information content (AvgIpc) is 3.02. The van der Waals surface area contributed by atoms with Crippen molar-refractivity contribution in [2.45, 2.75) is 20.4 Å². The van der Waals surface area contributed by atoms with E-state index in [2.05, 4.69) is 16.2 Å². The van der Waals surface area contributed by atoms with Gasteiger partial charge in [0.1, 0.15) is 17.5 Å². The summed E-state index contributed by atoms with van der Waals surface area (Å²) in [6.07, 6.45) is 1.89. The Morgan fingerprint density at radius 1 is 1.31 bits per heavy atom. The van der Waals surface area contributed by atoms with E-state index in [0.29, 0.717) is 22.6 Å². The van der Waals surface area contributed by atoms with Crippen LogP contribution in [0.1, 0.15) is 18.2 Å². The Morgan fingerprint density at radius 2 is 2.08 bits per heavy atom. The fraction of sp³-hybridized carbons (Fsp3) is 0.211. The molecular formula is C19H19N5O2. The lowest BCUT2D eigenvalue weighted by Crippen LogP contribution is -2.00. The lowest BCUT2D eigenvalue weighted by atomic mass is 9.99. The molecule has 1 aromatic carbocycles. The van der Waals surface area contributed by atoms with Crippen molar-refractivity contribution in [1.29, 1.82) is 5.26 Å². The molecule has 0 radical (unpaired) electrons. The Labute approximate surface area is 151 Å². The van der Waals surface area contributed by atoms with Gasteiger partial charge in [-0.2, -0.15) is 10.4 Å². The van der Waals surface area contributed by atoms with Gasteiger partial charge in [-0.05, 0) is 38.1 Å². The molecule has 0 atom stereocenters. The van der Waals surface area contributed by atoms with Gasteiger partial charge in [0.05, 0.1) is 18.5 Å². The van der Waals surface area contributed by atoms with Crippen LogP contribution < -0.4 is 10.5 Å². The van der Waals surface area contributed by atoms with Crippen molar-refractivity contribution in [3.05, 3.63) is 41.7 Å². The number of nitrogen functional groups attached to an aromatic ring is 1. The average molecular weight is 349 g/mol. The van der Waals surface area contributed by atoms with E-state index in [4.69, 9.17) is 10.5 Å². The van der Waals surface area contributed by atoms with Gasteiger partial charge in [-0.15, -0.1) is 0 Å². The fourth-order valence-corrected chi connectivity index (χ4v) is 2.82. The summed E-state index contributed by atoms with van der Waals surface area (Å²) in [5.41, 5.74) is 10.0. The second-order valence-electron chi connectivity index (χ2n) is 5.80. The number of phenols is 1. The standard InChI is InChI=1S/C19H19N5O2/c1-4-24-10-15(11(2)23-24)13-8-16(22-19(21)14(13)9-20)12-5-6-17(25)18(7-12)26-3/h5-8,10,25H,4H2,1-3H3,(H2,21,22). The topological polar surface area (TPSA) is 110 Å². The van der Waals surface area contributed by atoms with Crippen LogP contribution >= 0.6 is 0 Å². The number of aromatic hydroxyl groups is 1. The molecule has 2 heterocycles. The maximum absolute atomic E-state index is 9.79. The number of aromatic nitrogens is 3. The quantitative estimate of drug-likeness (QED) is 0.749. The molecular weight excluding hydrogens is 330 g/mol. The molecule has 0 spiro atoms. The summed E-state index contributed by atoms with van der Waals surface area (Å²) in [7, 11) is 1.48. The molecule has 0 saturated heterocycles. The molecule has 3 N–H and O–H groups in total. The molecule has 0 unspecified atom stereocenters. The van der Waals surface area contributed by atoms with Gasteiger partial charge >= 0.3 is 0 Å². The van der Waals surface area contributed by atoms with Crippen molar-refractivity contribution in [1.82, 2.24) is 14.8 Å². The minimum Gasteiger partial charge on any atom is -0.504 e. The number of aryl methyl sites for hydroxylation is 2. The molecule has 3 rings (SSSR count). The largest absolute Gasteiger partial charge is 0.504 e. The van der Waals surface area contributed by atoms with E-state index in [-0.39, 0.29) is 11.6 Å². The van der Waals surface area contributed by atoms with Crippen molar-refractivity contribution >= 4 is 5.82 Å². The molecule has 26 heavy (non-hydrogen) atoms. The van der Waals surface area contributed by atoms with Gasteiger partial charge in [0.15, 0.2) is 11.5 Å². The Balaban J connectivity index is 2.23. The van der Waals surface area contributed by atoms with Crippen molar-refractivity contribution in [2.75, 3.05) is 12.8 Å². The fourth-order valence-electron chi connectivity index (χ4n) is 2.82. The Kier molecular flexibility index (Phi) is 4.50. The van der Waals surface area contributed by atoms with E-state index < -0.39 is 0 Å². The first-order chi connectivity index (χ1) is 12.5. The van der Waals surface area contributed by atoms with Gasteiger partial charge in [-0.25, -0.2) is 4.98 Å². The molecule has 132 valence electrons. The zero-order valence-corrected chi connectivity index (χ0v) is 14.8. The maximum atomic E-state index is 9.79. The third kappa shape index (κ3) is 2.93. The van der Waals surface area contributed by atoms with Crippen LogP contribution in [0, 0.1) is 18.3 Å². The highest BCUT2D eigenvalue weighted by Crippen LogP contribution is 2.35. The zero-order valence-electron chi connectivity index (χ0n) is 14.8. The molecule has 0 aliphatic heterocycles. The van der Waals surface area contributed by atoms with Crippen molar-refractivity contribution < 1.29 is 9.84 Å². The summed E-state index contributed by atoms with van der Waals surface area (Å²) in [6, 6.07) is 8.88. The summed E-state index contributed by atoms with van der Waals surface area (Å²) in [4.78, 5) is 4.35. The SMILES string of the molecule is CCn1cc(-c2cc(-c3ccc(O)c(OC)c3)nc(N)c2C#N)c(C)n1. The monoisotopic (exact) mass is 349 g/mol. The Hall–Kier alpha value is -3.53. The molecule has 0 aliphatic rings. The second-order valence-corrected chi connectivity index (χ2v) is 5.80. The van der Waals surface area contributed by atoms with Gasteiger partial charge < -0.3 is 15.6 Å². The van der Waals surface area contributed by atoms with E-state index in [9.17, 15) is 10.4 Å². The lowest BCUT2D eigenvalue weighted by molar-refractivity contribution is 0.373. The number of nitriles is 1. The van der Waals surface area contributed by atoms with Crippen molar-refractivity contribution in [3.8, 4) is 40.0 Å². The summed E-state index contributed by atoms with van der Waals surface area (Å²) in [5.74, 6) is 0.526. The van der Waals surface area contributed by atoms with E-state index >= 15 is 0 Å². The highest BCUT2D eigenvalue weighted by atomic mass is 16.5. The van der Waals surface area contributed by atoms with Crippen LogP contribution in [0.5, 0.6) is 11.5 Å². The molecule has 0 aliphatic carbocycles. The summed E-state index contributed by atoms with van der Waals surface area (Å²) in [6.45, 7) is 4.62. The number of anilines is 1. The number of methoxy groups -OCH3 is 1. The highest BCUT2D eigenvalue weighted by molar-refractivity contribution is 5.81. The number of hydrogen-bond acceptors (Lipinski definition) is 6. The number of pyridine rings is 1. The maximum Gasteiger partial charge on any atom is 0.161 e. The van der Waals surface area contributed by atoms with Crippen LogP contribution in [0.2, 0.25) is 0 Å². The number of phenolic OH excluding ortho intramolecular Hbond substituents is 1. The lowest BCUT2D eigenvalue weighted by Gasteiger charge is -2.11. The van der Waals surface area contributed by atoms with Gasteiger partial charge in [0.2, 0.25) is 0 Å². The van der Waals surface area contributed by atoms with Crippen molar-refractivity contribution in [2.24, 2.45) is 0 Å². The minimum absolute atomic E-state index is 0.0400. The van der Waals surface area contributed by atoms with Crippen LogP contribution in [0.3, 0.4) is 0 Å². The van der Waals surface area contributed by atoms with E-state index in [1.807, 2.05) is 30.8 Å². The van der Waals surface area contributed by atoms with Gasteiger partial charge in [-0.1, -0.05) is 0 Å². The van der Waals surface area contributed by atoms with E-state index in [1.165, 1.54) is 13.2 Å². The third-order valence-corrected chi connectivity index (χ3v) is 4.20. The Bertz CT molecular complexity index is 1020. The number of hydrogen-bond donors (Lipinski definition) is 2. The van der Waals surface area contributed by atoms with Crippen LogP contribution in [-0.2, 0) is 6.54 Å². The predicted octanol–water partition coefficient (Wildman–Crippen LogP) is 3.11. The third-order valence-electron chi connectivity index (χ3n) is 4.20. The van der Waals surface area contributed by atoms with E-state index in [0.717, 1.165) is 23.4 Å². The first-order valence-electron chi connectivity index (χ1n) is 8.10. The van der Waals surface area contributed by atoms with Gasteiger partial charge in [0, 0.05) is 29.4 Å². The number of benzene rings is 1. The summed E-state index contributed by atoms with van der Waals surface area (Å²) in [5, 5.41) is 23.8. The van der Waals surface area contributed by atoms with Crippen LogP contribution in [-0.4, -0.2) is 27.0 Å². The summed E-state index contributed by atoms with van der Waals surface area (Å²) < 4.78 is 6.97. The molecule has 0 saturated carbocycles. The number of rotatable bonds is 4. The molecule has 3 aromatic rings. The zero-order chi connectivity index (χ0) is 18.8. The van der Waals surface area contributed by atoms with Crippen LogP contribution in [0.25, 0.3) is 22.4 Å². The highest BCUT2D eigenvalue weighted by Gasteiger charge is 2.17. The number of nitrogens with two attached hydrogens (primary N) is 1. The normalized spacial score (nSPS) is 10.5. The predicted molar refractivity (Wildman–Crippen MR) is 98.6 cm³/mol. The minimum atomic E-state index is 0.0400. The number of ether oxygens (including phenoxy) is 1.